The van der Waals surface area contributed by atoms with Crippen molar-refractivity contribution in [3.05, 3.63) is 90.4 Å². The van der Waals surface area contributed by atoms with Crippen LogP contribution in [0.2, 0.25) is 0 Å². The molecule has 9 nitrogen and oxygen atoms in total. The predicted octanol–water partition coefficient (Wildman–Crippen LogP) is 7.00. The zero-order valence-electron chi connectivity index (χ0n) is 28.9. The van der Waals surface area contributed by atoms with E-state index in [-0.39, 0.29) is 76.4 Å². The van der Waals surface area contributed by atoms with Crippen molar-refractivity contribution in [1.82, 2.24) is 20.3 Å². The number of alkyl halides is 1. The third-order valence-electron chi connectivity index (χ3n) is 9.94. The van der Waals surface area contributed by atoms with Crippen molar-refractivity contribution in [2.45, 2.75) is 50.4 Å². The molecule has 0 saturated carbocycles. The monoisotopic (exact) mass is 724 g/mol. The first-order valence-corrected chi connectivity index (χ1v) is 17.2. The summed E-state index contributed by atoms with van der Waals surface area (Å²) in [5.74, 6) is 0.0832. The Morgan fingerprint density at radius 1 is 1.15 bits per heavy atom. The minimum atomic E-state index is -1.19. The third-order valence-corrected chi connectivity index (χ3v) is 9.94. The highest BCUT2D eigenvalue weighted by atomic mass is 19.1. The molecule has 2 N–H and O–H groups in total. The second-order valence-corrected chi connectivity index (χ2v) is 13.7. The van der Waals surface area contributed by atoms with Gasteiger partial charge in [-0.05, 0) is 80.1 Å². The van der Waals surface area contributed by atoms with Crippen molar-refractivity contribution in [2.75, 3.05) is 36.0 Å². The minimum Gasteiger partial charge on any atom is -0.508 e. The number of hydrogen-bond donors (Lipinski definition) is 2. The van der Waals surface area contributed by atoms with Crippen LogP contribution in [0.3, 0.4) is 0 Å². The van der Waals surface area contributed by atoms with Gasteiger partial charge in [0.25, 0.3) is 0 Å². The lowest BCUT2D eigenvalue weighted by Crippen LogP contribution is -2.46. The van der Waals surface area contributed by atoms with Crippen LogP contribution >= 0.6 is 0 Å². The van der Waals surface area contributed by atoms with E-state index in [1.54, 1.807) is 17.0 Å². The number of hydrogen-bond acceptors (Lipinski definition) is 8. The molecule has 3 aromatic carbocycles. The van der Waals surface area contributed by atoms with Crippen molar-refractivity contribution in [3.63, 3.8) is 0 Å². The number of carbonyl (C=O) groups excluding carboxylic acids is 1. The van der Waals surface area contributed by atoms with Gasteiger partial charge in [0, 0.05) is 54.9 Å². The number of rotatable bonds is 8. The Labute approximate surface area is 303 Å². The molecule has 2 aliphatic rings. The van der Waals surface area contributed by atoms with Crippen LogP contribution in [0.15, 0.2) is 67.4 Å². The van der Waals surface area contributed by atoms with Crippen molar-refractivity contribution in [2.24, 2.45) is 0 Å². The van der Waals surface area contributed by atoms with E-state index in [0.29, 0.717) is 36.4 Å². The van der Waals surface area contributed by atoms with Gasteiger partial charge < -0.3 is 25.0 Å². The Balaban J connectivity index is 1.35. The number of fused-ring (bicyclic) bond motifs is 2. The number of amides is 1. The molecule has 13 heteroatoms. The fraction of sp³-hybridized carbons (Fsp3) is 0.300. The summed E-state index contributed by atoms with van der Waals surface area (Å²) in [4.78, 5) is 29.7. The second-order valence-electron chi connectivity index (χ2n) is 13.7. The molecule has 2 aliphatic heterocycles. The lowest BCUT2D eigenvalue weighted by Gasteiger charge is -2.36. The molecule has 2 aromatic heterocycles. The van der Waals surface area contributed by atoms with E-state index in [0.717, 1.165) is 12.8 Å². The van der Waals surface area contributed by atoms with E-state index in [9.17, 15) is 23.1 Å². The van der Waals surface area contributed by atoms with Gasteiger partial charge in [-0.3, -0.25) is 9.78 Å². The highest BCUT2D eigenvalue weighted by Crippen LogP contribution is 2.40. The van der Waals surface area contributed by atoms with Crippen LogP contribution < -0.4 is 19.9 Å². The van der Waals surface area contributed by atoms with Gasteiger partial charge >= 0.3 is 6.01 Å². The molecule has 0 bridgehead atoms. The molecular formula is C40H36F4N6O3. The molecule has 1 unspecified atom stereocenters. The van der Waals surface area contributed by atoms with Gasteiger partial charge in [-0.2, -0.15) is 9.97 Å². The second kappa shape index (κ2) is 14.3. The summed E-state index contributed by atoms with van der Waals surface area (Å²) >= 11 is 0. The molecule has 2 saturated heterocycles. The van der Waals surface area contributed by atoms with Crippen LogP contribution in [-0.2, 0) is 4.79 Å². The lowest BCUT2D eigenvalue weighted by molar-refractivity contribution is -0.117. The molecule has 0 aliphatic carbocycles. The Kier molecular flexibility index (Phi) is 9.55. The summed E-state index contributed by atoms with van der Waals surface area (Å²) in [5.41, 5.74) is -0.775. The first-order chi connectivity index (χ1) is 25.5. The van der Waals surface area contributed by atoms with Gasteiger partial charge in [-0.1, -0.05) is 18.6 Å². The van der Waals surface area contributed by atoms with Crippen LogP contribution in [0.1, 0.15) is 38.2 Å². The molecular weight excluding hydrogens is 688 g/mol. The number of pyridine rings is 1. The smallest absolute Gasteiger partial charge is 0.319 e. The Morgan fingerprint density at radius 3 is 2.70 bits per heavy atom. The number of aromatic hydroxyl groups is 1. The van der Waals surface area contributed by atoms with E-state index < -0.39 is 29.2 Å². The minimum absolute atomic E-state index is 0.0545. The van der Waals surface area contributed by atoms with Gasteiger partial charge in [-0.25, -0.2) is 17.6 Å². The third kappa shape index (κ3) is 6.89. The van der Waals surface area contributed by atoms with E-state index in [1.807, 2.05) is 11.8 Å². The summed E-state index contributed by atoms with van der Waals surface area (Å²) in [6.45, 7) is 6.16. The molecule has 0 radical (unpaired) electrons. The van der Waals surface area contributed by atoms with E-state index >= 15 is 4.39 Å². The quantitative estimate of drug-likeness (QED) is 0.100. The predicted molar refractivity (Wildman–Crippen MR) is 195 cm³/mol. The molecule has 53 heavy (non-hydrogen) atoms. The van der Waals surface area contributed by atoms with Gasteiger partial charge in [0.15, 0.2) is 5.82 Å². The lowest BCUT2D eigenvalue weighted by atomic mass is 9.96. The fourth-order valence-corrected chi connectivity index (χ4v) is 7.45. The number of carbonyl (C=O) groups is 1. The zero-order valence-corrected chi connectivity index (χ0v) is 28.9. The Bertz CT molecular complexity index is 2280. The van der Waals surface area contributed by atoms with Gasteiger partial charge in [-0.15, -0.1) is 6.42 Å². The maximum absolute atomic E-state index is 17.0. The van der Waals surface area contributed by atoms with Crippen molar-refractivity contribution in [3.8, 4) is 35.4 Å². The summed E-state index contributed by atoms with van der Waals surface area (Å²) in [6.07, 6.45) is 9.45. The van der Waals surface area contributed by atoms with Crippen molar-refractivity contribution in [1.29, 1.82) is 0 Å². The van der Waals surface area contributed by atoms with Crippen molar-refractivity contribution >= 4 is 39.1 Å². The van der Waals surface area contributed by atoms with Crippen LogP contribution in [0.5, 0.6) is 11.8 Å². The number of benzene rings is 3. The number of aromatic nitrogens is 3. The molecule has 272 valence electrons. The average molecular weight is 725 g/mol. The molecule has 7 rings (SSSR count). The summed E-state index contributed by atoms with van der Waals surface area (Å²) in [6, 6.07) is 10.6. The normalized spacial score (nSPS) is 20.3. The van der Waals surface area contributed by atoms with E-state index in [2.05, 4.69) is 27.8 Å². The SMILES string of the molecule is C#Cc1c(F)ccc2cc(O)cc(-c3ncc4c(N5CCCCC(NC(=O)C=C)C5)nc(OC[C@]5(C)C[C@@H](F)CN5c5ccc(F)cc5)nc4c3F)c12. The summed E-state index contributed by atoms with van der Waals surface area (Å²) in [5, 5.41) is 14.4. The Hall–Kier alpha value is -5.90. The molecule has 3 atom stereocenters. The number of nitrogens with one attached hydrogen (secondary N) is 1. The zero-order chi connectivity index (χ0) is 37.4. The van der Waals surface area contributed by atoms with E-state index in [4.69, 9.17) is 16.1 Å². The summed E-state index contributed by atoms with van der Waals surface area (Å²) in [7, 11) is 0. The standard InChI is InChI=1S/C40H36F4N6O3/c1-4-29-32(43)14-9-23-16-28(51)17-30(34(23)29)36-35(44)37-31(19-45-36)38(49-15-7-6-8-26(21-49)46-33(52)5-2)48-39(47-37)53-22-40(3)18-25(42)20-50(40)27-12-10-24(41)11-13-27/h1,5,9-14,16-17,19,25-26,51H,2,6-8,15,18,20-22H2,3H3,(H,46,52)/t25-,26?,40+/m1/s1. The molecule has 2 fully saturated rings. The number of halogens is 4. The first-order valence-electron chi connectivity index (χ1n) is 17.2. The van der Waals surface area contributed by atoms with Gasteiger partial charge in [0.1, 0.15) is 47.2 Å². The molecule has 4 heterocycles. The first kappa shape index (κ1) is 35.5. The van der Waals surface area contributed by atoms with Gasteiger partial charge in [0.05, 0.1) is 16.5 Å². The highest BCUT2D eigenvalue weighted by Gasteiger charge is 2.43. The molecule has 1 amide bonds. The van der Waals surface area contributed by atoms with Crippen LogP contribution in [0, 0.1) is 29.8 Å². The molecule has 5 aromatic rings. The van der Waals surface area contributed by atoms with Crippen molar-refractivity contribution < 1.29 is 32.2 Å². The van der Waals surface area contributed by atoms with Crippen LogP contribution in [-0.4, -0.2) is 70.0 Å². The molecule has 0 spiro atoms. The summed E-state index contributed by atoms with van der Waals surface area (Å²) < 4.78 is 66.9. The number of terminal acetylenes is 1. The topological polar surface area (TPSA) is 104 Å². The maximum atomic E-state index is 17.0. The highest BCUT2D eigenvalue weighted by molar-refractivity contribution is 6.03. The number of ether oxygens (including phenoxy) is 1. The largest absolute Gasteiger partial charge is 0.508 e. The van der Waals surface area contributed by atoms with E-state index in [1.165, 1.54) is 48.7 Å². The number of nitrogens with zero attached hydrogens (tertiary/aromatic N) is 5. The number of phenolic OH excluding ortho intramolecular Hbond substituents is 1. The van der Waals surface area contributed by atoms with Gasteiger partial charge in [0.2, 0.25) is 5.91 Å². The number of phenols is 1. The maximum Gasteiger partial charge on any atom is 0.319 e. The van der Waals surface area contributed by atoms with Crippen LogP contribution in [0.25, 0.3) is 32.9 Å². The fourth-order valence-electron chi connectivity index (χ4n) is 7.45. The average Bonchev–Trinajstić information content (AvgIpc) is 3.27. The number of anilines is 2. The Morgan fingerprint density at radius 2 is 1.94 bits per heavy atom. The van der Waals surface area contributed by atoms with Crippen LogP contribution in [0.4, 0.5) is 29.1 Å².